The van der Waals surface area contributed by atoms with Crippen LogP contribution in [0.5, 0.6) is 17.2 Å². The molecule has 1 heterocycles. The maximum Gasteiger partial charge on any atom is 0.299 e. The molecule has 11 nitrogen and oxygen atoms in total. The van der Waals surface area contributed by atoms with E-state index in [4.69, 9.17) is 9.47 Å². The molecule has 204 valence electrons. The number of benzene rings is 2. The van der Waals surface area contributed by atoms with Crippen LogP contribution in [0.25, 0.3) is 0 Å². The zero-order chi connectivity index (χ0) is 28.2. The quantitative estimate of drug-likeness (QED) is 0.244. The van der Waals surface area contributed by atoms with Crippen LogP contribution in [0.4, 0.5) is 21.6 Å². The Bertz CT molecular complexity index is 1540. The predicted molar refractivity (Wildman–Crippen MR) is 151 cm³/mol. The number of rotatable bonds is 10. The van der Waals surface area contributed by atoms with Gasteiger partial charge in [0.05, 0.1) is 24.0 Å². The minimum Gasteiger partial charge on any atom is -0.491 e. The molecular weight excluding hydrogens is 632 g/mol. The van der Waals surface area contributed by atoms with Crippen molar-refractivity contribution in [3.8, 4) is 17.2 Å². The molecule has 0 atom stereocenters. The van der Waals surface area contributed by atoms with Crippen molar-refractivity contribution in [1.82, 2.24) is 14.6 Å². The molecule has 0 bridgehead atoms. The van der Waals surface area contributed by atoms with Gasteiger partial charge in [-0.2, -0.15) is 13.1 Å². The predicted octanol–water partition coefficient (Wildman–Crippen LogP) is 3.61. The van der Waals surface area contributed by atoms with Crippen molar-refractivity contribution in [3.05, 3.63) is 67.3 Å². The largest absolute Gasteiger partial charge is 0.491 e. The first-order valence-corrected chi connectivity index (χ1v) is 13.8. The van der Waals surface area contributed by atoms with Crippen LogP contribution >= 0.6 is 22.6 Å². The lowest BCUT2D eigenvalue weighted by Crippen LogP contribution is -2.30. The number of aromatic nitrogens is 1. The van der Waals surface area contributed by atoms with Crippen LogP contribution in [0.15, 0.2) is 41.2 Å². The second-order valence-corrected chi connectivity index (χ2v) is 10.7. The standard InChI is InChI=1S/C24H27FIN5O6S/c1-6-28-38(34,35)30-17-8-7-9-18(21(17)36-5)37-20-13(2)24(33)31(4)22(19(20)23(32)27-3)29-16-11-10-14(26)12-15(16)25/h7-12,28-30H,6H2,1-5H3,(H,27,32). The Balaban J connectivity index is 2.22. The van der Waals surface area contributed by atoms with Crippen molar-refractivity contribution >= 4 is 55.9 Å². The van der Waals surface area contributed by atoms with Crippen molar-refractivity contribution in [3.63, 3.8) is 0 Å². The molecule has 0 aliphatic heterocycles. The van der Waals surface area contributed by atoms with E-state index in [1.807, 2.05) is 22.6 Å². The number of carbonyl (C=O) groups excluding carboxylic acids is 1. The maximum absolute atomic E-state index is 14.7. The van der Waals surface area contributed by atoms with E-state index < -0.39 is 27.5 Å². The number of methoxy groups -OCH3 is 1. The summed E-state index contributed by atoms with van der Waals surface area (Å²) in [5.74, 6) is -1.30. The summed E-state index contributed by atoms with van der Waals surface area (Å²) < 4.78 is 57.2. The SMILES string of the molecule is CCNS(=O)(=O)Nc1cccc(Oc2c(C(=O)NC)c(Nc3ccc(I)cc3F)n(C)c(=O)c2C)c1OC. The van der Waals surface area contributed by atoms with Crippen molar-refractivity contribution < 1.29 is 27.1 Å². The monoisotopic (exact) mass is 659 g/mol. The summed E-state index contributed by atoms with van der Waals surface area (Å²) in [5, 5.41) is 5.36. The van der Waals surface area contributed by atoms with Crippen LogP contribution < -0.4 is 35.1 Å². The van der Waals surface area contributed by atoms with Gasteiger partial charge in [-0.1, -0.05) is 13.0 Å². The molecule has 0 aliphatic carbocycles. The van der Waals surface area contributed by atoms with E-state index in [-0.39, 0.29) is 52.1 Å². The highest BCUT2D eigenvalue weighted by Gasteiger charge is 2.27. The number of ether oxygens (including phenoxy) is 2. The van der Waals surface area contributed by atoms with Gasteiger partial charge in [-0.3, -0.25) is 18.9 Å². The second kappa shape index (κ2) is 12.0. The molecule has 3 aromatic rings. The molecule has 0 unspecified atom stereocenters. The smallest absolute Gasteiger partial charge is 0.299 e. The van der Waals surface area contributed by atoms with Crippen LogP contribution in [0, 0.1) is 16.3 Å². The van der Waals surface area contributed by atoms with Gasteiger partial charge in [0.15, 0.2) is 17.2 Å². The van der Waals surface area contributed by atoms with Crippen LogP contribution in [0.2, 0.25) is 0 Å². The Labute approximate surface area is 233 Å². The number of carbonyl (C=O) groups is 1. The highest BCUT2D eigenvalue weighted by atomic mass is 127. The lowest BCUT2D eigenvalue weighted by atomic mass is 10.1. The van der Waals surface area contributed by atoms with Crippen molar-refractivity contribution in [1.29, 1.82) is 0 Å². The topological polar surface area (TPSA) is 140 Å². The number of amides is 1. The zero-order valence-electron chi connectivity index (χ0n) is 21.2. The van der Waals surface area contributed by atoms with Gasteiger partial charge in [-0.15, -0.1) is 0 Å². The van der Waals surface area contributed by atoms with E-state index >= 15 is 0 Å². The number of nitrogens with zero attached hydrogens (tertiary/aromatic N) is 1. The lowest BCUT2D eigenvalue weighted by molar-refractivity contribution is 0.0960. The van der Waals surface area contributed by atoms with Crippen molar-refractivity contribution in [2.45, 2.75) is 13.8 Å². The average molecular weight is 659 g/mol. The normalized spacial score (nSPS) is 11.1. The van der Waals surface area contributed by atoms with Crippen LogP contribution in [0.3, 0.4) is 0 Å². The molecule has 0 saturated heterocycles. The van der Waals surface area contributed by atoms with Gasteiger partial charge in [0.25, 0.3) is 21.7 Å². The zero-order valence-corrected chi connectivity index (χ0v) is 24.2. The first-order chi connectivity index (χ1) is 17.9. The number of hydrogen-bond donors (Lipinski definition) is 4. The Kier molecular flexibility index (Phi) is 9.22. The van der Waals surface area contributed by atoms with Gasteiger partial charge in [-0.25, -0.2) is 4.39 Å². The number of hydrogen-bond acceptors (Lipinski definition) is 7. The van der Waals surface area contributed by atoms with Gasteiger partial charge in [-0.05, 0) is 59.8 Å². The first-order valence-electron chi connectivity index (χ1n) is 11.2. The summed E-state index contributed by atoms with van der Waals surface area (Å²) >= 11 is 1.97. The van der Waals surface area contributed by atoms with E-state index in [1.165, 1.54) is 63.0 Å². The minimum atomic E-state index is -3.90. The van der Waals surface area contributed by atoms with Gasteiger partial charge in [0, 0.05) is 24.2 Å². The fraction of sp³-hybridized carbons (Fsp3) is 0.250. The summed E-state index contributed by atoms with van der Waals surface area (Å²) in [4.78, 5) is 26.3. The fourth-order valence-electron chi connectivity index (χ4n) is 3.61. The molecule has 4 N–H and O–H groups in total. The molecule has 14 heteroatoms. The summed E-state index contributed by atoms with van der Waals surface area (Å²) in [6.45, 7) is 3.26. The second-order valence-electron chi connectivity index (χ2n) is 7.91. The molecule has 3 rings (SSSR count). The lowest BCUT2D eigenvalue weighted by Gasteiger charge is -2.22. The first kappa shape index (κ1) is 29.2. The molecule has 1 amide bonds. The van der Waals surface area contributed by atoms with Gasteiger partial charge < -0.3 is 20.1 Å². The molecule has 2 aromatic carbocycles. The number of halogens is 2. The number of pyridine rings is 1. The molecule has 38 heavy (non-hydrogen) atoms. The molecule has 0 saturated carbocycles. The summed E-state index contributed by atoms with van der Waals surface area (Å²) in [7, 11) is 0.256. The van der Waals surface area contributed by atoms with E-state index in [1.54, 1.807) is 13.0 Å². The Hall–Kier alpha value is -3.37. The van der Waals surface area contributed by atoms with E-state index in [9.17, 15) is 22.4 Å². The number of para-hydroxylation sites is 1. The summed E-state index contributed by atoms with van der Waals surface area (Å²) in [5.41, 5.74) is -0.402. The van der Waals surface area contributed by atoms with E-state index in [0.29, 0.717) is 3.57 Å². The van der Waals surface area contributed by atoms with Gasteiger partial charge in [0.2, 0.25) is 0 Å². The number of anilines is 3. The van der Waals surface area contributed by atoms with Crippen LogP contribution in [-0.2, 0) is 17.3 Å². The van der Waals surface area contributed by atoms with Crippen molar-refractivity contribution in [2.75, 3.05) is 30.7 Å². The summed E-state index contributed by atoms with van der Waals surface area (Å²) in [6.07, 6.45) is 0. The third kappa shape index (κ3) is 6.19. The molecular formula is C24H27FIN5O6S. The van der Waals surface area contributed by atoms with Crippen LogP contribution in [0.1, 0.15) is 22.8 Å². The highest BCUT2D eigenvalue weighted by Crippen LogP contribution is 2.41. The highest BCUT2D eigenvalue weighted by molar-refractivity contribution is 14.1. The molecule has 0 aliphatic rings. The third-order valence-corrected chi connectivity index (χ3v) is 7.21. The fourth-order valence-corrected chi connectivity index (χ4v) is 4.96. The van der Waals surface area contributed by atoms with Gasteiger partial charge in [0.1, 0.15) is 17.2 Å². The Morgan fingerprint density at radius 1 is 1.16 bits per heavy atom. The third-order valence-electron chi connectivity index (χ3n) is 5.38. The average Bonchev–Trinajstić information content (AvgIpc) is 2.86. The molecule has 0 spiro atoms. The van der Waals surface area contributed by atoms with Crippen molar-refractivity contribution in [2.24, 2.45) is 7.05 Å². The van der Waals surface area contributed by atoms with E-state index in [0.717, 1.165) is 0 Å². The van der Waals surface area contributed by atoms with Gasteiger partial charge >= 0.3 is 0 Å². The van der Waals surface area contributed by atoms with Crippen LogP contribution in [-0.4, -0.2) is 39.6 Å². The Morgan fingerprint density at radius 2 is 1.87 bits per heavy atom. The minimum absolute atomic E-state index is 0.00935. The summed E-state index contributed by atoms with van der Waals surface area (Å²) in [6, 6.07) is 8.91. The molecule has 1 aromatic heterocycles. The molecule has 0 fully saturated rings. The maximum atomic E-state index is 14.7. The van der Waals surface area contributed by atoms with E-state index in [2.05, 4.69) is 20.1 Å². The Morgan fingerprint density at radius 3 is 2.47 bits per heavy atom. The number of nitrogens with one attached hydrogen (secondary N) is 4. The molecule has 0 radical (unpaired) electrons.